The summed E-state index contributed by atoms with van der Waals surface area (Å²) in [5, 5.41) is 6.49. The summed E-state index contributed by atoms with van der Waals surface area (Å²) in [7, 11) is 0. The molecule has 1 saturated carbocycles. The molecule has 33 heavy (non-hydrogen) atoms. The number of halogens is 3. The zero-order valence-electron chi connectivity index (χ0n) is 18.9. The number of nitrogens with one attached hydrogen (secondary N) is 2. The Morgan fingerprint density at radius 2 is 1.94 bits per heavy atom. The number of carbonyl (C=O) groups excluding carboxylic acids is 2. The molecule has 0 spiro atoms. The summed E-state index contributed by atoms with van der Waals surface area (Å²) in [4.78, 5) is 26.3. The average Bonchev–Trinajstić information content (AvgIpc) is 3.23. The summed E-state index contributed by atoms with van der Waals surface area (Å²) in [6.45, 7) is 4.20. The van der Waals surface area contributed by atoms with Gasteiger partial charge in [0.15, 0.2) is 0 Å². The molecular formula is C26H29ClFIN2O2. The van der Waals surface area contributed by atoms with E-state index in [0.29, 0.717) is 29.0 Å². The highest BCUT2D eigenvalue weighted by molar-refractivity contribution is 14.1. The topological polar surface area (TPSA) is 58.2 Å². The molecule has 0 aromatic heterocycles. The van der Waals surface area contributed by atoms with Crippen LogP contribution in [0, 0.1) is 24.1 Å². The number of alkyl halides is 1. The second-order valence-electron chi connectivity index (χ2n) is 9.57. The number of benzene rings is 2. The van der Waals surface area contributed by atoms with Crippen LogP contribution in [-0.2, 0) is 14.8 Å². The van der Waals surface area contributed by atoms with Crippen molar-refractivity contribution in [3.63, 3.8) is 0 Å². The molecule has 0 bridgehead atoms. The molecule has 2 aliphatic rings. The Bertz CT molecular complexity index is 1090. The van der Waals surface area contributed by atoms with Crippen LogP contribution in [0.25, 0.3) is 0 Å². The predicted molar refractivity (Wildman–Crippen MR) is 137 cm³/mol. The molecule has 4 nitrogen and oxygen atoms in total. The first-order valence-corrected chi connectivity index (χ1v) is 12.9. The predicted octanol–water partition coefficient (Wildman–Crippen LogP) is 6.06. The molecule has 2 aromatic carbocycles. The second kappa shape index (κ2) is 9.53. The van der Waals surface area contributed by atoms with E-state index in [2.05, 4.69) is 40.1 Å². The van der Waals surface area contributed by atoms with E-state index in [0.717, 1.165) is 36.8 Å². The molecule has 2 amide bonds. The highest BCUT2D eigenvalue weighted by Gasteiger charge is 2.52. The van der Waals surface area contributed by atoms with Crippen LogP contribution < -0.4 is 10.6 Å². The fourth-order valence-corrected chi connectivity index (χ4v) is 6.97. The van der Waals surface area contributed by atoms with E-state index in [9.17, 15) is 9.59 Å². The van der Waals surface area contributed by atoms with Gasteiger partial charge in [-0.05, 0) is 78.5 Å². The Balaban J connectivity index is 1.67. The van der Waals surface area contributed by atoms with E-state index in [4.69, 9.17) is 11.6 Å². The number of rotatable bonds is 4. The van der Waals surface area contributed by atoms with Gasteiger partial charge in [0.05, 0.1) is 10.9 Å². The molecular weight excluding hydrogens is 554 g/mol. The summed E-state index contributed by atoms with van der Waals surface area (Å²) in [6, 6.07) is 10.6. The third-order valence-electron chi connectivity index (χ3n) is 7.37. The van der Waals surface area contributed by atoms with Crippen LogP contribution in [0.3, 0.4) is 0 Å². The van der Waals surface area contributed by atoms with Crippen LogP contribution in [-0.4, -0.2) is 18.4 Å². The first kappa shape index (κ1) is 24.5. The molecule has 1 aliphatic carbocycles. The van der Waals surface area contributed by atoms with Crippen molar-refractivity contribution >= 4 is 46.0 Å². The van der Waals surface area contributed by atoms with Crippen LogP contribution in [0.4, 0.5) is 4.39 Å². The number of aryl methyl sites for hydroxylation is 2. The Morgan fingerprint density at radius 3 is 2.67 bits per heavy atom. The van der Waals surface area contributed by atoms with Crippen LogP contribution in [0.2, 0.25) is 5.02 Å². The Labute approximate surface area is 213 Å². The first-order valence-electron chi connectivity index (χ1n) is 11.5. The maximum Gasteiger partial charge on any atom is 0.251 e. The van der Waals surface area contributed by atoms with E-state index in [1.807, 2.05) is 31.2 Å². The fourth-order valence-electron chi connectivity index (χ4n) is 5.19. The van der Waals surface area contributed by atoms with E-state index >= 15 is 4.39 Å². The van der Waals surface area contributed by atoms with Crippen LogP contribution in [0.15, 0.2) is 36.4 Å². The minimum atomic E-state index is -1.00. The maximum absolute atomic E-state index is 15.3. The third-order valence-corrected chi connectivity index (χ3v) is 9.97. The molecule has 7 heteroatoms. The Hall–Kier alpha value is -1.67. The number of amides is 2. The third kappa shape index (κ3) is 4.53. The lowest BCUT2D eigenvalue weighted by Gasteiger charge is -2.45. The molecule has 0 radical (unpaired) electrons. The smallest absolute Gasteiger partial charge is 0.251 e. The summed E-state index contributed by atoms with van der Waals surface area (Å²) >= 11 is 8.88. The molecule has 176 valence electrons. The van der Waals surface area contributed by atoms with Crippen molar-refractivity contribution < 1.29 is 14.0 Å². The summed E-state index contributed by atoms with van der Waals surface area (Å²) in [5.41, 5.74) is 2.37. The quantitative estimate of drug-likeness (QED) is 0.261. The van der Waals surface area contributed by atoms with Crippen LogP contribution in [0.5, 0.6) is 0 Å². The maximum atomic E-state index is 15.3. The van der Waals surface area contributed by atoms with Gasteiger partial charge in [-0.1, -0.05) is 55.6 Å². The first-order chi connectivity index (χ1) is 15.7. The van der Waals surface area contributed by atoms with Gasteiger partial charge < -0.3 is 10.6 Å². The Morgan fingerprint density at radius 1 is 1.24 bits per heavy atom. The van der Waals surface area contributed by atoms with Crippen molar-refractivity contribution in [1.29, 1.82) is 0 Å². The van der Waals surface area contributed by atoms with E-state index in [-0.39, 0.29) is 23.8 Å². The van der Waals surface area contributed by atoms with Gasteiger partial charge in [0.25, 0.3) is 5.91 Å². The SMILES string of the molecule is Cc1ccc(F)c([C@@](I)(NC(=O)[C@@H]2CCc3ccccc3C(=O)NC2)C2(C)CCCC2)c1Cl. The average molecular weight is 583 g/mol. The minimum Gasteiger partial charge on any atom is -0.351 e. The van der Waals surface area contributed by atoms with Crippen molar-refractivity contribution in [3.05, 3.63) is 69.5 Å². The summed E-state index contributed by atoms with van der Waals surface area (Å²) in [5.74, 6) is -1.19. The number of fused-ring (bicyclic) bond motifs is 1. The monoisotopic (exact) mass is 582 g/mol. The highest BCUT2D eigenvalue weighted by atomic mass is 127. The van der Waals surface area contributed by atoms with E-state index < -0.39 is 15.3 Å². The molecule has 1 heterocycles. The Kier molecular flexibility index (Phi) is 7.06. The number of hydrogen-bond acceptors (Lipinski definition) is 2. The van der Waals surface area contributed by atoms with E-state index in [1.165, 1.54) is 6.07 Å². The van der Waals surface area contributed by atoms with Crippen LogP contribution >= 0.6 is 34.2 Å². The van der Waals surface area contributed by atoms with Gasteiger partial charge in [-0.15, -0.1) is 0 Å². The fraction of sp³-hybridized carbons (Fsp3) is 0.462. The summed E-state index contributed by atoms with van der Waals surface area (Å²) < 4.78 is 14.3. The molecule has 1 fully saturated rings. The molecule has 2 aromatic rings. The normalized spacial score (nSPS) is 21.8. The number of hydrogen-bond donors (Lipinski definition) is 2. The molecule has 1 aliphatic heterocycles. The van der Waals surface area contributed by atoms with Gasteiger partial charge in [-0.3, -0.25) is 9.59 Å². The zero-order valence-corrected chi connectivity index (χ0v) is 21.9. The largest absolute Gasteiger partial charge is 0.351 e. The molecule has 2 atom stereocenters. The molecule has 2 N–H and O–H groups in total. The van der Waals surface area contributed by atoms with Gasteiger partial charge >= 0.3 is 0 Å². The lowest BCUT2D eigenvalue weighted by Crippen LogP contribution is -2.54. The summed E-state index contributed by atoms with van der Waals surface area (Å²) in [6.07, 6.45) is 5.02. The van der Waals surface area contributed by atoms with Crippen molar-refractivity contribution in [1.82, 2.24) is 10.6 Å². The van der Waals surface area contributed by atoms with E-state index in [1.54, 1.807) is 6.07 Å². The van der Waals surface area contributed by atoms with Crippen molar-refractivity contribution in [2.75, 3.05) is 6.54 Å². The van der Waals surface area contributed by atoms with Gasteiger partial charge in [0.1, 0.15) is 9.36 Å². The van der Waals surface area contributed by atoms with Crippen LogP contribution in [0.1, 0.15) is 66.1 Å². The van der Waals surface area contributed by atoms with Crippen molar-refractivity contribution in [3.8, 4) is 0 Å². The van der Waals surface area contributed by atoms with Gasteiger partial charge in [0.2, 0.25) is 5.91 Å². The van der Waals surface area contributed by atoms with Gasteiger partial charge in [0, 0.05) is 23.1 Å². The second-order valence-corrected chi connectivity index (χ2v) is 11.6. The van der Waals surface area contributed by atoms with Gasteiger partial charge in [-0.2, -0.15) is 0 Å². The zero-order chi connectivity index (χ0) is 23.8. The number of carbonyl (C=O) groups is 2. The highest BCUT2D eigenvalue weighted by Crippen LogP contribution is 2.57. The molecule has 0 unspecified atom stereocenters. The lowest BCUT2D eigenvalue weighted by molar-refractivity contribution is -0.127. The minimum absolute atomic E-state index is 0.167. The van der Waals surface area contributed by atoms with Gasteiger partial charge in [-0.25, -0.2) is 4.39 Å². The lowest BCUT2D eigenvalue weighted by atomic mass is 9.76. The molecule has 4 rings (SSSR count). The van der Waals surface area contributed by atoms with Crippen molar-refractivity contribution in [2.24, 2.45) is 11.3 Å². The molecule has 0 saturated heterocycles. The standard InChI is InChI=1S/C26H29ClFIN2O2/c1-16-9-12-20(28)21(22(16)27)26(29,25(2)13-5-6-14-25)31-23(32)18-11-10-17-7-3-4-8-19(17)24(33)30-15-18/h3-4,7-9,12,18H,5-6,10-11,13-15H2,1-2H3,(H,30,33)(H,31,32)/t18-,26-/m1/s1. The van der Waals surface area contributed by atoms with Crippen molar-refractivity contribution in [2.45, 2.75) is 55.9 Å².